The maximum absolute atomic E-state index is 5.59. The number of ether oxygens (including phenoxy) is 1. The molecule has 1 aliphatic heterocycles. The standard InChI is InChI=1S/C12H15Br2NO/c13-10-4-1-5-11(14)12(10)15-7-6-9-3-2-8-16-9/h1,4-5,9,15H,2-3,6-8H2. The predicted molar refractivity (Wildman–Crippen MR) is 73.9 cm³/mol. The van der Waals surface area contributed by atoms with Crippen LogP contribution in [-0.2, 0) is 4.74 Å². The second-order valence-corrected chi connectivity index (χ2v) is 5.66. The van der Waals surface area contributed by atoms with Crippen LogP contribution in [0.1, 0.15) is 19.3 Å². The van der Waals surface area contributed by atoms with Crippen LogP contribution >= 0.6 is 31.9 Å². The summed E-state index contributed by atoms with van der Waals surface area (Å²) in [6.07, 6.45) is 3.95. The molecule has 2 nitrogen and oxygen atoms in total. The highest BCUT2D eigenvalue weighted by atomic mass is 79.9. The minimum Gasteiger partial charge on any atom is -0.383 e. The molecule has 1 N–H and O–H groups in total. The number of anilines is 1. The Morgan fingerprint density at radius 3 is 2.69 bits per heavy atom. The minimum absolute atomic E-state index is 0.453. The van der Waals surface area contributed by atoms with E-state index in [-0.39, 0.29) is 0 Å². The molecular formula is C12H15Br2NO. The van der Waals surface area contributed by atoms with Crippen molar-refractivity contribution >= 4 is 37.5 Å². The van der Waals surface area contributed by atoms with Gasteiger partial charge >= 0.3 is 0 Å². The van der Waals surface area contributed by atoms with Crippen molar-refractivity contribution in [3.05, 3.63) is 27.1 Å². The Morgan fingerprint density at radius 1 is 1.31 bits per heavy atom. The first-order valence-corrected chi connectivity index (χ1v) is 7.15. The summed E-state index contributed by atoms with van der Waals surface area (Å²) in [7, 11) is 0. The number of para-hydroxylation sites is 1. The maximum Gasteiger partial charge on any atom is 0.0629 e. The van der Waals surface area contributed by atoms with E-state index in [1.54, 1.807) is 0 Å². The third-order valence-electron chi connectivity index (χ3n) is 2.75. The summed E-state index contributed by atoms with van der Waals surface area (Å²) in [5, 5.41) is 3.43. The zero-order valence-electron chi connectivity index (χ0n) is 9.01. The highest BCUT2D eigenvalue weighted by Gasteiger charge is 2.14. The lowest BCUT2D eigenvalue weighted by Crippen LogP contribution is -2.12. The van der Waals surface area contributed by atoms with Crippen LogP contribution in [0.3, 0.4) is 0 Å². The molecule has 0 bridgehead atoms. The molecule has 0 saturated carbocycles. The van der Waals surface area contributed by atoms with Gasteiger partial charge in [0.05, 0.1) is 11.8 Å². The largest absolute Gasteiger partial charge is 0.383 e. The van der Waals surface area contributed by atoms with Crippen molar-refractivity contribution in [2.75, 3.05) is 18.5 Å². The molecule has 2 rings (SSSR count). The molecule has 0 spiro atoms. The molecule has 0 amide bonds. The van der Waals surface area contributed by atoms with Gasteiger partial charge in [-0.2, -0.15) is 0 Å². The Hall–Kier alpha value is -0.0600. The van der Waals surface area contributed by atoms with Crippen molar-refractivity contribution < 1.29 is 4.74 Å². The molecular weight excluding hydrogens is 334 g/mol. The van der Waals surface area contributed by atoms with Crippen molar-refractivity contribution in [1.82, 2.24) is 0 Å². The average molecular weight is 349 g/mol. The summed E-state index contributed by atoms with van der Waals surface area (Å²) >= 11 is 7.07. The third-order valence-corrected chi connectivity index (χ3v) is 4.08. The minimum atomic E-state index is 0.453. The van der Waals surface area contributed by atoms with Gasteiger partial charge in [-0.15, -0.1) is 0 Å². The molecule has 16 heavy (non-hydrogen) atoms. The first-order chi connectivity index (χ1) is 7.77. The molecule has 1 saturated heterocycles. The van der Waals surface area contributed by atoms with E-state index in [2.05, 4.69) is 37.2 Å². The summed E-state index contributed by atoms with van der Waals surface area (Å²) in [5.74, 6) is 0. The molecule has 1 fully saturated rings. The predicted octanol–water partition coefficient (Wildman–Crippen LogP) is 4.19. The maximum atomic E-state index is 5.59. The van der Waals surface area contributed by atoms with Gasteiger partial charge < -0.3 is 10.1 Å². The normalized spacial score (nSPS) is 20.0. The van der Waals surface area contributed by atoms with Crippen LogP contribution in [0.4, 0.5) is 5.69 Å². The zero-order chi connectivity index (χ0) is 11.4. The van der Waals surface area contributed by atoms with E-state index in [0.29, 0.717) is 6.10 Å². The van der Waals surface area contributed by atoms with Crippen molar-refractivity contribution in [1.29, 1.82) is 0 Å². The van der Waals surface area contributed by atoms with Gasteiger partial charge in [0.2, 0.25) is 0 Å². The second kappa shape index (κ2) is 6.03. The Kier molecular flexibility index (Phi) is 4.67. The Labute approximate surface area is 113 Å². The van der Waals surface area contributed by atoms with Gasteiger partial charge in [0, 0.05) is 22.1 Å². The highest BCUT2D eigenvalue weighted by Crippen LogP contribution is 2.30. The number of nitrogens with one attached hydrogen (secondary N) is 1. The van der Waals surface area contributed by atoms with Crippen LogP contribution in [0.2, 0.25) is 0 Å². The van der Waals surface area contributed by atoms with E-state index >= 15 is 0 Å². The summed E-state index contributed by atoms with van der Waals surface area (Å²) in [6.45, 7) is 1.88. The van der Waals surface area contributed by atoms with Crippen LogP contribution in [0.15, 0.2) is 27.1 Å². The van der Waals surface area contributed by atoms with Crippen molar-refractivity contribution in [2.45, 2.75) is 25.4 Å². The van der Waals surface area contributed by atoms with Gasteiger partial charge in [0.1, 0.15) is 0 Å². The molecule has 4 heteroatoms. The zero-order valence-corrected chi connectivity index (χ0v) is 12.2. The topological polar surface area (TPSA) is 21.3 Å². The van der Waals surface area contributed by atoms with Crippen LogP contribution in [0.5, 0.6) is 0 Å². The molecule has 1 atom stereocenters. The Bertz CT molecular complexity index is 331. The van der Waals surface area contributed by atoms with Gasteiger partial charge in [-0.1, -0.05) is 6.07 Å². The molecule has 1 aromatic carbocycles. The summed E-state index contributed by atoms with van der Waals surface area (Å²) in [6, 6.07) is 6.09. The molecule has 1 aromatic rings. The molecule has 1 aliphatic rings. The van der Waals surface area contributed by atoms with Crippen LogP contribution in [-0.4, -0.2) is 19.3 Å². The Morgan fingerprint density at radius 2 is 2.06 bits per heavy atom. The lowest BCUT2D eigenvalue weighted by molar-refractivity contribution is 0.107. The Balaban J connectivity index is 1.84. The van der Waals surface area contributed by atoms with Crippen molar-refractivity contribution in [3.8, 4) is 0 Å². The molecule has 0 aliphatic carbocycles. The SMILES string of the molecule is Brc1cccc(Br)c1NCCC1CCCO1. The van der Waals surface area contributed by atoms with Crippen LogP contribution in [0.25, 0.3) is 0 Å². The molecule has 1 heterocycles. The van der Waals surface area contributed by atoms with Gasteiger partial charge in [-0.25, -0.2) is 0 Å². The van der Waals surface area contributed by atoms with Gasteiger partial charge in [-0.3, -0.25) is 0 Å². The number of halogens is 2. The fourth-order valence-corrected chi connectivity index (χ4v) is 3.18. The molecule has 1 unspecified atom stereocenters. The summed E-state index contributed by atoms with van der Waals surface area (Å²) in [5.41, 5.74) is 1.13. The smallest absolute Gasteiger partial charge is 0.0629 e. The number of hydrogen-bond acceptors (Lipinski definition) is 2. The summed E-state index contributed by atoms with van der Waals surface area (Å²) < 4.78 is 7.77. The number of benzene rings is 1. The fraction of sp³-hybridized carbons (Fsp3) is 0.500. The van der Waals surface area contributed by atoms with Crippen LogP contribution < -0.4 is 5.32 Å². The van der Waals surface area contributed by atoms with Gasteiger partial charge in [-0.05, 0) is 63.3 Å². The third kappa shape index (κ3) is 3.22. The molecule has 0 radical (unpaired) electrons. The molecule has 0 aromatic heterocycles. The second-order valence-electron chi connectivity index (χ2n) is 3.95. The molecule has 88 valence electrons. The van der Waals surface area contributed by atoms with E-state index in [9.17, 15) is 0 Å². The van der Waals surface area contributed by atoms with E-state index in [4.69, 9.17) is 4.74 Å². The summed E-state index contributed by atoms with van der Waals surface area (Å²) in [4.78, 5) is 0. The monoisotopic (exact) mass is 347 g/mol. The van der Waals surface area contributed by atoms with E-state index in [0.717, 1.165) is 34.2 Å². The van der Waals surface area contributed by atoms with Gasteiger partial charge in [0.25, 0.3) is 0 Å². The van der Waals surface area contributed by atoms with Crippen molar-refractivity contribution in [2.24, 2.45) is 0 Å². The average Bonchev–Trinajstić information content (AvgIpc) is 2.75. The highest BCUT2D eigenvalue weighted by molar-refractivity contribution is 9.11. The number of rotatable bonds is 4. The lowest BCUT2D eigenvalue weighted by atomic mass is 10.2. The van der Waals surface area contributed by atoms with Crippen LogP contribution in [0, 0.1) is 0 Å². The number of hydrogen-bond donors (Lipinski definition) is 1. The first-order valence-electron chi connectivity index (χ1n) is 5.57. The van der Waals surface area contributed by atoms with E-state index in [1.807, 2.05) is 18.2 Å². The quantitative estimate of drug-likeness (QED) is 0.880. The van der Waals surface area contributed by atoms with E-state index < -0.39 is 0 Å². The lowest BCUT2D eigenvalue weighted by Gasteiger charge is -2.13. The van der Waals surface area contributed by atoms with Gasteiger partial charge in [0.15, 0.2) is 0 Å². The fourth-order valence-electron chi connectivity index (χ4n) is 1.90. The van der Waals surface area contributed by atoms with E-state index in [1.165, 1.54) is 12.8 Å². The van der Waals surface area contributed by atoms with Crippen molar-refractivity contribution in [3.63, 3.8) is 0 Å². The first kappa shape index (κ1) is 12.4.